The number of carbonyl (C=O) groups excluding carboxylic acids is 2. The van der Waals surface area contributed by atoms with E-state index >= 15 is 0 Å². The molecule has 6 heteroatoms. The molecule has 2 unspecified atom stereocenters. The molecule has 0 saturated carbocycles. The Labute approximate surface area is 488 Å². The van der Waals surface area contributed by atoms with E-state index in [1.54, 1.807) is 0 Å². The summed E-state index contributed by atoms with van der Waals surface area (Å²) in [6.45, 7) is 4.96. The highest BCUT2D eigenvalue weighted by Crippen LogP contribution is 2.19. The summed E-state index contributed by atoms with van der Waals surface area (Å²) in [5, 5.41) is 23.1. The fourth-order valence-corrected chi connectivity index (χ4v) is 11.3. The van der Waals surface area contributed by atoms with E-state index in [4.69, 9.17) is 4.74 Å². The number of amides is 1. The summed E-state index contributed by atoms with van der Waals surface area (Å²) in [5.41, 5.74) is 0. The van der Waals surface area contributed by atoms with Crippen LogP contribution in [0.4, 0.5) is 0 Å². The van der Waals surface area contributed by atoms with E-state index < -0.39 is 12.1 Å². The van der Waals surface area contributed by atoms with Gasteiger partial charge in [0.15, 0.2) is 0 Å². The fourth-order valence-electron chi connectivity index (χ4n) is 11.3. The van der Waals surface area contributed by atoms with Crippen LogP contribution in [0.2, 0.25) is 0 Å². The van der Waals surface area contributed by atoms with Crippen molar-refractivity contribution in [3.8, 4) is 0 Å². The molecule has 0 saturated heterocycles. The molecular weight excluding hydrogens is 959 g/mol. The molecule has 0 rings (SSSR count). The molecule has 6 nitrogen and oxygen atoms in total. The Balaban J connectivity index is 3.30. The van der Waals surface area contributed by atoms with Crippen molar-refractivity contribution < 1.29 is 24.5 Å². The smallest absolute Gasteiger partial charge is 0.305 e. The van der Waals surface area contributed by atoms with Gasteiger partial charge >= 0.3 is 5.97 Å². The molecule has 2 atom stereocenters. The standard InChI is InChI=1S/C72H139NO5/c1-3-5-7-9-11-13-14-15-16-36-40-43-46-50-54-58-62-66-72(77)78-67-63-59-55-51-47-44-41-38-35-33-31-29-27-25-23-21-19-17-18-20-22-24-26-28-30-32-34-37-39-42-45-49-53-57-61-65-71(76)73-69(68-74)70(75)64-60-56-52-48-12-10-8-6-4-2/h15-16,19,21,69-70,74-75H,3-14,17-18,20,22-68H2,1-2H3,(H,73,76)/b16-15-,21-19-. The van der Waals surface area contributed by atoms with Gasteiger partial charge in [0.05, 0.1) is 25.4 Å². The molecule has 78 heavy (non-hydrogen) atoms. The minimum absolute atomic E-state index is 0.0174. The van der Waals surface area contributed by atoms with E-state index in [9.17, 15) is 19.8 Å². The second-order valence-electron chi connectivity index (χ2n) is 24.6. The Bertz CT molecular complexity index is 1220. The van der Waals surface area contributed by atoms with Crippen LogP contribution in [0, 0.1) is 0 Å². The van der Waals surface area contributed by atoms with Crippen LogP contribution in [-0.4, -0.2) is 47.4 Å². The molecule has 0 bridgehead atoms. The van der Waals surface area contributed by atoms with Gasteiger partial charge in [-0.2, -0.15) is 0 Å². The third-order valence-corrected chi connectivity index (χ3v) is 16.7. The molecule has 462 valence electrons. The van der Waals surface area contributed by atoms with E-state index in [1.807, 2.05) is 0 Å². The predicted molar refractivity (Wildman–Crippen MR) is 343 cm³/mol. The first-order valence-corrected chi connectivity index (χ1v) is 35.6. The van der Waals surface area contributed by atoms with Gasteiger partial charge in [0.25, 0.3) is 0 Å². The van der Waals surface area contributed by atoms with Crippen molar-refractivity contribution in [2.75, 3.05) is 13.2 Å². The van der Waals surface area contributed by atoms with Gasteiger partial charge in [0.2, 0.25) is 5.91 Å². The highest BCUT2D eigenvalue weighted by Gasteiger charge is 2.20. The molecule has 0 fully saturated rings. The zero-order chi connectivity index (χ0) is 56.4. The highest BCUT2D eigenvalue weighted by atomic mass is 16.5. The van der Waals surface area contributed by atoms with Gasteiger partial charge in [-0.25, -0.2) is 0 Å². The van der Waals surface area contributed by atoms with Crippen molar-refractivity contribution in [3.63, 3.8) is 0 Å². The lowest BCUT2D eigenvalue weighted by Gasteiger charge is -2.22. The second kappa shape index (κ2) is 67.8. The van der Waals surface area contributed by atoms with E-state index in [-0.39, 0.29) is 18.5 Å². The minimum Gasteiger partial charge on any atom is -0.466 e. The zero-order valence-electron chi connectivity index (χ0n) is 52.9. The Kier molecular flexibility index (Phi) is 66.4. The van der Waals surface area contributed by atoms with Crippen LogP contribution in [0.1, 0.15) is 399 Å². The Morgan fingerprint density at radius 1 is 0.346 bits per heavy atom. The maximum absolute atomic E-state index is 12.4. The first-order chi connectivity index (χ1) is 38.5. The van der Waals surface area contributed by atoms with E-state index in [2.05, 4.69) is 43.5 Å². The highest BCUT2D eigenvalue weighted by molar-refractivity contribution is 5.76. The summed E-state index contributed by atoms with van der Waals surface area (Å²) < 4.78 is 5.50. The van der Waals surface area contributed by atoms with Gasteiger partial charge in [0, 0.05) is 12.8 Å². The third-order valence-electron chi connectivity index (χ3n) is 16.7. The van der Waals surface area contributed by atoms with Crippen LogP contribution in [0.3, 0.4) is 0 Å². The van der Waals surface area contributed by atoms with Crippen molar-refractivity contribution in [2.24, 2.45) is 0 Å². The number of unbranched alkanes of at least 4 members (excludes halogenated alkanes) is 52. The summed E-state index contributed by atoms with van der Waals surface area (Å²) in [5.74, 6) is -0.0147. The zero-order valence-corrected chi connectivity index (χ0v) is 52.9. The number of hydrogen-bond acceptors (Lipinski definition) is 5. The van der Waals surface area contributed by atoms with E-state index in [1.165, 1.54) is 321 Å². The van der Waals surface area contributed by atoms with Crippen LogP contribution in [0.5, 0.6) is 0 Å². The Morgan fingerprint density at radius 2 is 0.603 bits per heavy atom. The first-order valence-electron chi connectivity index (χ1n) is 35.6. The van der Waals surface area contributed by atoms with Crippen molar-refractivity contribution in [1.82, 2.24) is 5.32 Å². The van der Waals surface area contributed by atoms with Crippen LogP contribution >= 0.6 is 0 Å². The normalized spacial score (nSPS) is 12.6. The van der Waals surface area contributed by atoms with E-state index in [0.717, 1.165) is 44.9 Å². The lowest BCUT2D eigenvalue weighted by Crippen LogP contribution is -2.45. The van der Waals surface area contributed by atoms with Gasteiger partial charge in [-0.1, -0.05) is 334 Å². The number of nitrogens with one attached hydrogen (secondary N) is 1. The molecule has 0 aromatic heterocycles. The maximum atomic E-state index is 12.4. The first kappa shape index (κ1) is 76.3. The largest absolute Gasteiger partial charge is 0.466 e. The van der Waals surface area contributed by atoms with Crippen LogP contribution < -0.4 is 5.32 Å². The molecule has 0 aliphatic heterocycles. The molecule has 3 N–H and O–H groups in total. The average molecular weight is 1100 g/mol. The Hall–Kier alpha value is -1.66. The van der Waals surface area contributed by atoms with Crippen LogP contribution in [0.25, 0.3) is 0 Å². The Morgan fingerprint density at radius 3 is 0.910 bits per heavy atom. The molecule has 0 radical (unpaired) electrons. The lowest BCUT2D eigenvalue weighted by molar-refractivity contribution is -0.143. The SMILES string of the molecule is CCCCCCCC/C=C\CCCCCCCCCC(=O)OCCCCCCCCCCCCCCCC/C=C\CCCCCCCCCCCCCCCCCCCC(=O)NC(CO)C(O)CCCCCCCCCCC. The molecule has 0 spiro atoms. The molecule has 0 aliphatic rings. The van der Waals surface area contributed by atoms with E-state index in [0.29, 0.717) is 25.9 Å². The summed E-state index contributed by atoms with van der Waals surface area (Å²) >= 11 is 0. The van der Waals surface area contributed by atoms with Crippen LogP contribution in [0.15, 0.2) is 24.3 Å². The molecule has 0 heterocycles. The quantitative estimate of drug-likeness (QED) is 0.0320. The number of aliphatic hydroxyl groups is 2. The minimum atomic E-state index is -0.659. The number of allylic oxidation sites excluding steroid dienone is 4. The van der Waals surface area contributed by atoms with Crippen molar-refractivity contribution in [3.05, 3.63) is 24.3 Å². The number of hydrogen-bond donors (Lipinski definition) is 3. The average Bonchev–Trinajstić information content (AvgIpc) is 3.44. The van der Waals surface area contributed by atoms with Gasteiger partial charge in [0.1, 0.15) is 0 Å². The van der Waals surface area contributed by atoms with Gasteiger partial charge < -0.3 is 20.3 Å². The van der Waals surface area contributed by atoms with Crippen molar-refractivity contribution >= 4 is 11.9 Å². The molecule has 1 amide bonds. The number of ether oxygens (including phenoxy) is 1. The number of rotatable bonds is 67. The lowest BCUT2D eigenvalue weighted by atomic mass is 10.0. The molecule has 0 aromatic rings. The fraction of sp³-hybridized carbons (Fsp3) is 0.917. The van der Waals surface area contributed by atoms with Gasteiger partial charge in [-0.15, -0.1) is 0 Å². The monoisotopic (exact) mass is 1100 g/mol. The van der Waals surface area contributed by atoms with Crippen LogP contribution in [-0.2, 0) is 14.3 Å². The summed E-state index contributed by atoms with van der Waals surface area (Å²) in [7, 11) is 0. The van der Waals surface area contributed by atoms with Gasteiger partial charge in [-0.05, 0) is 77.0 Å². The number of esters is 1. The summed E-state index contributed by atoms with van der Waals surface area (Å²) in [6, 6.07) is -0.536. The second-order valence-corrected chi connectivity index (χ2v) is 24.6. The summed E-state index contributed by atoms with van der Waals surface area (Å²) in [4.78, 5) is 24.5. The van der Waals surface area contributed by atoms with Gasteiger partial charge in [-0.3, -0.25) is 9.59 Å². The molecule has 0 aliphatic carbocycles. The van der Waals surface area contributed by atoms with Crippen molar-refractivity contribution in [1.29, 1.82) is 0 Å². The molecular formula is C72H139NO5. The molecule has 0 aromatic carbocycles. The number of aliphatic hydroxyl groups excluding tert-OH is 2. The number of carbonyl (C=O) groups is 2. The summed E-state index contributed by atoms with van der Waals surface area (Å²) in [6.07, 6.45) is 85.4. The van der Waals surface area contributed by atoms with Crippen molar-refractivity contribution in [2.45, 2.75) is 411 Å². The topological polar surface area (TPSA) is 95.9 Å². The third kappa shape index (κ3) is 63.5. The maximum Gasteiger partial charge on any atom is 0.305 e. The predicted octanol–water partition coefficient (Wildman–Crippen LogP) is 22.9.